The van der Waals surface area contributed by atoms with E-state index in [9.17, 15) is 0 Å². The SMILES string of the molecule is CC(C)c1ccccc1NCCCc1ccccc1Cl. The fourth-order valence-electron chi connectivity index (χ4n) is 2.36. The van der Waals surface area contributed by atoms with Crippen LogP contribution in [0.2, 0.25) is 5.02 Å². The number of para-hydroxylation sites is 1. The smallest absolute Gasteiger partial charge is 0.0437 e. The Kier molecular flexibility index (Phi) is 5.49. The van der Waals surface area contributed by atoms with Gasteiger partial charge >= 0.3 is 0 Å². The average molecular weight is 288 g/mol. The number of benzene rings is 2. The molecule has 0 saturated heterocycles. The van der Waals surface area contributed by atoms with Crippen molar-refractivity contribution in [3.05, 3.63) is 64.7 Å². The molecule has 106 valence electrons. The van der Waals surface area contributed by atoms with E-state index in [1.54, 1.807) is 0 Å². The third kappa shape index (κ3) is 4.01. The summed E-state index contributed by atoms with van der Waals surface area (Å²) in [7, 11) is 0. The van der Waals surface area contributed by atoms with E-state index in [1.807, 2.05) is 18.2 Å². The summed E-state index contributed by atoms with van der Waals surface area (Å²) in [4.78, 5) is 0. The number of anilines is 1. The number of halogens is 1. The molecule has 0 saturated carbocycles. The molecule has 0 bridgehead atoms. The van der Waals surface area contributed by atoms with E-state index < -0.39 is 0 Å². The minimum Gasteiger partial charge on any atom is -0.385 e. The zero-order valence-corrected chi connectivity index (χ0v) is 13.0. The molecule has 0 amide bonds. The van der Waals surface area contributed by atoms with Gasteiger partial charge in [-0.1, -0.05) is 61.8 Å². The van der Waals surface area contributed by atoms with Crippen LogP contribution in [0.5, 0.6) is 0 Å². The Morgan fingerprint density at radius 2 is 1.70 bits per heavy atom. The Morgan fingerprint density at radius 3 is 2.45 bits per heavy atom. The highest BCUT2D eigenvalue weighted by atomic mass is 35.5. The van der Waals surface area contributed by atoms with Gasteiger partial charge in [-0.3, -0.25) is 0 Å². The highest BCUT2D eigenvalue weighted by Crippen LogP contribution is 2.23. The third-order valence-electron chi connectivity index (χ3n) is 3.48. The van der Waals surface area contributed by atoms with E-state index in [0.717, 1.165) is 24.4 Å². The molecule has 0 aliphatic rings. The van der Waals surface area contributed by atoms with Crippen molar-refractivity contribution in [2.75, 3.05) is 11.9 Å². The third-order valence-corrected chi connectivity index (χ3v) is 3.85. The molecule has 0 atom stereocenters. The Balaban J connectivity index is 1.86. The van der Waals surface area contributed by atoms with Crippen LogP contribution in [0.4, 0.5) is 5.69 Å². The van der Waals surface area contributed by atoms with Crippen LogP contribution in [-0.4, -0.2) is 6.54 Å². The van der Waals surface area contributed by atoms with E-state index >= 15 is 0 Å². The van der Waals surface area contributed by atoms with Gasteiger partial charge < -0.3 is 5.32 Å². The van der Waals surface area contributed by atoms with Crippen LogP contribution >= 0.6 is 11.6 Å². The molecule has 0 heterocycles. The van der Waals surface area contributed by atoms with Crippen molar-refractivity contribution in [2.45, 2.75) is 32.6 Å². The molecule has 0 fully saturated rings. The van der Waals surface area contributed by atoms with Crippen molar-refractivity contribution in [1.29, 1.82) is 0 Å². The van der Waals surface area contributed by atoms with E-state index in [1.165, 1.54) is 16.8 Å². The van der Waals surface area contributed by atoms with E-state index in [-0.39, 0.29) is 0 Å². The van der Waals surface area contributed by atoms with Gasteiger partial charge in [0.15, 0.2) is 0 Å². The minimum absolute atomic E-state index is 0.544. The summed E-state index contributed by atoms with van der Waals surface area (Å²) in [5, 5.41) is 4.41. The zero-order valence-electron chi connectivity index (χ0n) is 12.2. The van der Waals surface area contributed by atoms with Gasteiger partial charge in [0.1, 0.15) is 0 Å². The largest absolute Gasteiger partial charge is 0.385 e. The predicted molar refractivity (Wildman–Crippen MR) is 88.8 cm³/mol. The summed E-state index contributed by atoms with van der Waals surface area (Å²) in [6.45, 7) is 5.42. The maximum Gasteiger partial charge on any atom is 0.0437 e. The first-order valence-corrected chi connectivity index (χ1v) is 7.62. The van der Waals surface area contributed by atoms with E-state index in [4.69, 9.17) is 11.6 Å². The average Bonchev–Trinajstić information content (AvgIpc) is 2.45. The van der Waals surface area contributed by atoms with Crippen molar-refractivity contribution < 1.29 is 0 Å². The second-order valence-electron chi connectivity index (χ2n) is 5.36. The van der Waals surface area contributed by atoms with Gasteiger partial charge in [-0.05, 0) is 42.0 Å². The quantitative estimate of drug-likeness (QED) is 0.691. The van der Waals surface area contributed by atoms with Crippen molar-refractivity contribution in [2.24, 2.45) is 0 Å². The molecule has 0 aliphatic carbocycles. The van der Waals surface area contributed by atoms with Crippen LogP contribution in [0.25, 0.3) is 0 Å². The van der Waals surface area contributed by atoms with Gasteiger partial charge in [0.05, 0.1) is 0 Å². The Labute approximate surface area is 127 Å². The monoisotopic (exact) mass is 287 g/mol. The molecule has 0 aliphatic heterocycles. The van der Waals surface area contributed by atoms with Gasteiger partial charge in [0, 0.05) is 17.3 Å². The van der Waals surface area contributed by atoms with Gasteiger partial charge in [-0.2, -0.15) is 0 Å². The Morgan fingerprint density at radius 1 is 1.00 bits per heavy atom. The number of nitrogens with one attached hydrogen (secondary N) is 1. The summed E-state index contributed by atoms with van der Waals surface area (Å²) < 4.78 is 0. The van der Waals surface area contributed by atoms with Crippen molar-refractivity contribution in [3.63, 3.8) is 0 Å². The first-order chi connectivity index (χ1) is 9.68. The van der Waals surface area contributed by atoms with Crippen molar-refractivity contribution in [3.8, 4) is 0 Å². The molecular weight excluding hydrogens is 266 g/mol. The van der Waals surface area contributed by atoms with Crippen LogP contribution < -0.4 is 5.32 Å². The molecule has 1 nitrogen and oxygen atoms in total. The van der Waals surface area contributed by atoms with Crippen LogP contribution in [0, 0.1) is 0 Å². The normalized spacial score (nSPS) is 10.8. The van der Waals surface area contributed by atoms with E-state index in [0.29, 0.717) is 5.92 Å². The topological polar surface area (TPSA) is 12.0 Å². The lowest BCUT2D eigenvalue weighted by atomic mass is 10.0. The minimum atomic E-state index is 0.544. The van der Waals surface area contributed by atoms with Gasteiger partial charge in [-0.25, -0.2) is 0 Å². The van der Waals surface area contributed by atoms with Crippen LogP contribution in [0.1, 0.15) is 37.3 Å². The summed E-state index contributed by atoms with van der Waals surface area (Å²) in [6, 6.07) is 16.6. The van der Waals surface area contributed by atoms with Crippen LogP contribution in [0.15, 0.2) is 48.5 Å². The second-order valence-corrected chi connectivity index (χ2v) is 5.77. The lowest BCUT2D eigenvalue weighted by Crippen LogP contribution is -2.06. The summed E-state index contributed by atoms with van der Waals surface area (Å²) in [6.07, 6.45) is 2.09. The molecule has 2 aromatic carbocycles. The fraction of sp³-hybridized carbons (Fsp3) is 0.333. The highest BCUT2D eigenvalue weighted by Gasteiger charge is 2.05. The zero-order chi connectivity index (χ0) is 14.4. The molecule has 0 radical (unpaired) electrons. The molecule has 0 aromatic heterocycles. The number of aryl methyl sites for hydroxylation is 1. The first-order valence-electron chi connectivity index (χ1n) is 7.24. The molecule has 2 heteroatoms. The van der Waals surface area contributed by atoms with Gasteiger partial charge in [0.2, 0.25) is 0 Å². The Bertz CT molecular complexity index is 549. The predicted octanol–water partition coefficient (Wildman–Crippen LogP) is 5.51. The number of rotatable bonds is 6. The standard InChI is InChI=1S/C18H22ClN/c1-14(2)16-10-4-6-12-18(16)20-13-7-9-15-8-3-5-11-17(15)19/h3-6,8,10-12,14,20H,7,9,13H2,1-2H3. The van der Waals surface area contributed by atoms with Crippen molar-refractivity contribution in [1.82, 2.24) is 0 Å². The fourth-order valence-corrected chi connectivity index (χ4v) is 2.59. The van der Waals surface area contributed by atoms with Crippen LogP contribution in [-0.2, 0) is 6.42 Å². The van der Waals surface area contributed by atoms with Crippen molar-refractivity contribution >= 4 is 17.3 Å². The lowest BCUT2D eigenvalue weighted by molar-refractivity contribution is 0.843. The molecule has 2 rings (SSSR count). The number of hydrogen-bond donors (Lipinski definition) is 1. The number of hydrogen-bond acceptors (Lipinski definition) is 1. The summed E-state index contributed by atoms with van der Waals surface area (Å²) in [5.74, 6) is 0.544. The molecular formula is C18H22ClN. The maximum absolute atomic E-state index is 6.17. The maximum atomic E-state index is 6.17. The van der Waals surface area contributed by atoms with E-state index in [2.05, 4.69) is 49.5 Å². The van der Waals surface area contributed by atoms with Gasteiger partial charge in [0.25, 0.3) is 0 Å². The van der Waals surface area contributed by atoms with Gasteiger partial charge in [-0.15, -0.1) is 0 Å². The molecule has 0 unspecified atom stereocenters. The molecule has 20 heavy (non-hydrogen) atoms. The summed E-state index contributed by atoms with van der Waals surface area (Å²) >= 11 is 6.17. The Hall–Kier alpha value is -1.47. The second kappa shape index (κ2) is 7.35. The van der Waals surface area contributed by atoms with Crippen LogP contribution in [0.3, 0.4) is 0 Å². The molecule has 0 spiro atoms. The lowest BCUT2D eigenvalue weighted by Gasteiger charge is -2.14. The highest BCUT2D eigenvalue weighted by molar-refractivity contribution is 6.31. The summed E-state index contributed by atoms with van der Waals surface area (Å²) in [5.41, 5.74) is 3.86. The molecule has 1 N–H and O–H groups in total. The molecule has 2 aromatic rings. The first kappa shape index (κ1) is 14.9.